The van der Waals surface area contributed by atoms with Gasteiger partial charge in [-0.3, -0.25) is 10.1 Å². The van der Waals surface area contributed by atoms with Gasteiger partial charge in [-0.25, -0.2) is 4.39 Å². The van der Waals surface area contributed by atoms with Gasteiger partial charge in [0.2, 0.25) is 0 Å². The summed E-state index contributed by atoms with van der Waals surface area (Å²) in [5, 5.41) is 3.22. The van der Waals surface area contributed by atoms with Crippen LogP contribution in [0, 0.1) is 12.7 Å². The normalized spacial score (nSPS) is 13.8. The van der Waals surface area contributed by atoms with E-state index in [-0.39, 0.29) is 23.9 Å². The van der Waals surface area contributed by atoms with Crippen LogP contribution in [0.25, 0.3) is 0 Å². The van der Waals surface area contributed by atoms with Crippen molar-refractivity contribution in [2.75, 3.05) is 6.61 Å². The summed E-state index contributed by atoms with van der Waals surface area (Å²) in [4.78, 5) is 11.9. The van der Waals surface area contributed by atoms with E-state index in [1.54, 1.807) is 19.9 Å². The second kappa shape index (κ2) is 8.00. The van der Waals surface area contributed by atoms with Crippen molar-refractivity contribution < 1.29 is 13.9 Å². The number of nitrogens with one attached hydrogen (secondary N) is 1. The largest absolute Gasteiger partial charge is 0.465 e. The average Bonchev–Trinajstić information content (AvgIpc) is 2.41. The van der Waals surface area contributed by atoms with Gasteiger partial charge in [0.05, 0.1) is 6.61 Å². The fraction of sp³-hybridized carbons (Fsp3) is 0.562. The molecule has 0 aromatic heterocycles. The van der Waals surface area contributed by atoms with E-state index in [1.165, 1.54) is 6.07 Å². The number of rotatable bonds is 7. The van der Waals surface area contributed by atoms with Gasteiger partial charge in [-0.2, -0.15) is 0 Å². The first-order valence-corrected chi connectivity index (χ1v) is 7.18. The lowest BCUT2D eigenvalue weighted by Gasteiger charge is -2.22. The van der Waals surface area contributed by atoms with Crippen LogP contribution in [-0.4, -0.2) is 18.6 Å². The van der Waals surface area contributed by atoms with Gasteiger partial charge in [0, 0.05) is 6.04 Å². The van der Waals surface area contributed by atoms with Gasteiger partial charge in [-0.1, -0.05) is 25.5 Å². The summed E-state index contributed by atoms with van der Waals surface area (Å²) in [5.74, 6) is -0.465. The van der Waals surface area contributed by atoms with Crippen molar-refractivity contribution in [2.24, 2.45) is 0 Å². The summed E-state index contributed by atoms with van der Waals surface area (Å²) in [6, 6.07) is 4.69. The van der Waals surface area contributed by atoms with E-state index in [4.69, 9.17) is 4.74 Å². The summed E-state index contributed by atoms with van der Waals surface area (Å²) in [7, 11) is 0. The topological polar surface area (TPSA) is 38.3 Å². The summed E-state index contributed by atoms with van der Waals surface area (Å²) in [6.07, 6.45) is 1.59. The molecule has 0 radical (unpaired) electrons. The van der Waals surface area contributed by atoms with Crippen LogP contribution in [0.5, 0.6) is 0 Å². The van der Waals surface area contributed by atoms with Crippen LogP contribution in [0.2, 0.25) is 0 Å². The molecule has 0 aliphatic rings. The molecule has 3 nitrogen and oxygen atoms in total. The molecule has 2 atom stereocenters. The van der Waals surface area contributed by atoms with Crippen LogP contribution >= 0.6 is 0 Å². The number of carbonyl (C=O) groups excluding carboxylic acids is 1. The quantitative estimate of drug-likeness (QED) is 0.777. The van der Waals surface area contributed by atoms with Crippen molar-refractivity contribution in [1.29, 1.82) is 0 Å². The predicted molar refractivity (Wildman–Crippen MR) is 78.0 cm³/mol. The summed E-state index contributed by atoms with van der Waals surface area (Å²) < 4.78 is 18.6. The third-order valence-corrected chi connectivity index (χ3v) is 3.30. The van der Waals surface area contributed by atoms with Gasteiger partial charge in [0.1, 0.15) is 11.9 Å². The smallest absolute Gasteiger partial charge is 0.323 e. The number of benzene rings is 1. The highest BCUT2D eigenvalue weighted by Gasteiger charge is 2.21. The van der Waals surface area contributed by atoms with E-state index in [1.807, 2.05) is 19.9 Å². The minimum atomic E-state index is -0.348. The Balaban J connectivity index is 2.76. The zero-order valence-corrected chi connectivity index (χ0v) is 12.7. The maximum absolute atomic E-state index is 13.6. The van der Waals surface area contributed by atoms with Crippen molar-refractivity contribution in [2.45, 2.75) is 52.6 Å². The van der Waals surface area contributed by atoms with Crippen LogP contribution in [-0.2, 0) is 9.53 Å². The minimum Gasteiger partial charge on any atom is -0.465 e. The standard InChI is InChI=1S/C16H24FNO2/c1-5-7-15(16(19)20-6-2)18-12(4)13-9-8-11(3)14(17)10-13/h8-10,12,15,18H,5-7H2,1-4H3. The zero-order chi connectivity index (χ0) is 15.1. The molecule has 20 heavy (non-hydrogen) atoms. The van der Waals surface area contributed by atoms with E-state index in [0.717, 1.165) is 12.0 Å². The number of ether oxygens (including phenoxy) is 1. The third-order valence-electron chi connectivity index (χ3n) is 3.30. The molecule has 0 amide bonds. The molecule has 0 heterocycles. The first-order chi connectivity index (χ1) is 9.49. The molecule has 0 aliphatic heterocycles. The Morgan fingerprint density at radius 1 is 1.40 bits per heavy atom. The third kappa shape index (κ3) is 4.60. The fourth-order valence-corrected chi connectivity index (χ4v) is 2.08. The lowest BCUT2D eigenvalue weighted by atomic mass is 10.0. The molecule has 0 bridgehead atoms. The number of esters is 1. The monoisotopic (exact) mass is 281 g/mol. The molecular weight excluding hydrogens is 257 g/mol. The van der Waals surface area contributed by atoms with E-state index in [2.05, 4.69) is 5.32 Å². The number of halogens is 1. The summed E-state index contributed by atoms with van der Waals surface area (Å²) >= 11 is 0. The molecule has 4 heteroatoms. The highest BCUT2D eigenvalue weighted by molar-refractivity contribution is 5.75. The second-order valence-electron chi connectivity index (χ2n) is 4.99. The van der Waals surface area contributed by atoms with Gasteiger partial charge in [-0.15, -0.1) is 0 Å². The van der Waals surface area contributed by atoms with Crippen molar-refractivity contribution in [1.82, 2.24) is 5.32 Å². The number of hydrogen-bond donors (Lipinski definition) is 1. The lowest BCUT2D eigenvalue weighted by Crippen LogP contribution is -2.39. The van der Waals surface area contributed by atoms with Gasteiger partial charge >= 0.3 is 5.97 Å². The molecule has 1 aromatic carbocycles. The summed E-state index contributed by atoms with van der Waals surface area (Å²) in [5.41, 5.74) is 1.45. The molecule has 0 aliphatic carbocycles. The first-order valence-electron chi connectivity index (χ1n) is 7.18. The van der Waals surface area contributed by atoms with Crippen molar-refractivity contribution >= 4 is 5.97 Å². The lowest BCUT2D eigenvalue weighted by molar-refractivity contribution is -0.146. The molecule has 112 valence electrons. The average molecular weight is 281 g/mol. The van der Waals surface area contributed by atoms with Crippen LogP contribution < -0.4 is 5.32 Å². The van der Waals surface area contributed by atoms with Gasteiger partial charge in [0.15, 0.2) is 0 Å². The maximum atomic E-state index is 13.6. The SMILES string of the molecule is CCCC(NC(C)c1ccc(C)c(F)c1)C(=O)OCC. The van der Waals surface area contributed by atoms with Gasteiger partial charge < -0.3 is 4.74 Å². The number of aryl methyl sites for hydroxylation is 1. The molecule has 1 rings (SSSR count). The summed E-state index contributed by atoms with van der Waals surface area (Å²) in [6.45, 7) is 7.83. The molecule has 2 unspecified atom stereocenters. The maximum Gasteiger partial charge on any atom is 0.323 e. The van der Waals surface area contributed by atoms with E-state index >= 15 is 0 Å². The Kier molecular flexibility index (Phi) is 6.65. The molecule has 1 aromatic rings. The Labute approximate surface area is 120 Å². The molecule has 0 spiro atoms. The Morgan fingerprint density at radius 2 is 2.10 bits per heavy atom. The van der Waals surface area contributed by atoms with Gasteiger partial charge in [-0.05, 0) is 44.4 Å². The molecule has 1 N–H and O–H groups in total. The molecule has 0 saturated heterocycles. The van der Waals surface area contributed by atoms with Crippen molar-refractivity contribution in [3.8, 4) is 0 Å². The Morgan fingerprint density at radius 3 is 2.65 bits per heavy atom. The van der Waals surface area contributed by atoms with Crippen LogP contribution in [0.15, 0.2) is 18.2 Å². The minimum absolute atomic E-state index is 0.106. The van der Waals surface area contributed by atoms with Crippen LogP contribution in [0.3, 0.4) is 0 Å². The van der Waals surface area contributed by atoms with Crippen LogP contribution in [0.1, 0.15) is 50.8 Å². The zero-order valence-electron chi connectivity index (χ0n) is 12.7. The van der Waals surface area contributed by atoms with E-state index in [9.17, 15) is 9.18 Å². The van der Waals surface area contributed by atoms with E-state index < -0.39 is 0 Å². The van der Waals surface area contributed by atoms with E-state index in [0.29, 0.717) is 18.6 Å². The highest BCUT2D eigenvalue weighted by Crippen LogP contribution is 2.18. The van der Waals surface area contributed by atoms with Gasteiger partial charge in [0.25, 0.3) is 0 Å². The Hall–Kier alpha value is -1.42. The second-order valence-corrected chi connectivity index (χ2v) is 4.99. The van der Waals surface area contributed by atoms with Crippen molar-refractivity contribution in [3.05, 3.63) is 35.1 Å². The number of carbonyl (C=O) groups is 1. The Bertz CT molecular complexity index is 448. The molecule has 0 saturated carbocycles. The molecule has 0 fully saturated rings. The first kappa shape index (κ1) is 16.6. The van der Waals surface area contributed by atoms with Crippen LogP contribution in [0.4, 0.5) is 4.39 Å². The predicted octanol–water partition coefficient (Wildman–Crippen LogP) is 3.52. The fourth-order valence-electron chi connectivity index (χ4n) is 2.08. The van der Waals surface area contributed by atoms with Crippen molar-refractivity contribution in [3.63, 3.8) is 0 Å². The number of hydrogen-bond acceptors (Lipinski definition) is 3. The highest BCUT2D eigenvalue weighted by atomic mass is 19.1. The molecular formula is C16H24FNO2.